The smallest absolute Gasteiger partial charge is 0.147 e. The number of benzene rings is 1. The van der Waals surface area contributed by atoms with E-state index in [-0.39, 0.29) is 6.10 Å². The number of rotatable bonds is 4. The monoisotopic (exact) mass is 267 g/mol. The summed E-state index contributed by atoms with van der Waals surface area (Å²) in [5, 5.41) is 2.93. The fraction of sp³-hybridized carbons (Fsp3) is 0.308. The van der Waals surface area contributed by atoms with Crippen LogP contribution in [-0.4, -0.2) is 4.98 Å². The minimum absolute atomic E-state index is 0.0435. The topological polar surface area (TPSA) is 22.1 Å². The number of aromatic nitrogens is 1. The molecule has 0 aliphatic rings. The van der Waals surface area contributed by atoms with Gasteiger partial charge in [0.05, 0.1) is 11.6 Å². The summed E-state index contributed by atoms with van der Waals surface area (Å²) in [7, 11) is 0. The molecular weight excluding hydrogens is 254 g/mol. The first-order valence-corrected chi connectivity index (χ1v) is 6.84. The van der Waals surface area contributed by atoms with E-state index in [9.17, 15) is 0 Å². The quantitative estimate of drug-likeness (QED) is 0.769. The van der Waals surface area contributed by atoms with E-state index in [0.29, 0.717) is 5.88 Å². The van der Waals surface area contributed by atoms with Crippen molar-refractivity contribution in [3.05, 3.63) is 45.9 Å². The van der Waals surface area contributed by atoms with Crippen molar-refractivity contribution >= 4 is 22.9 Å². The van der Waals surface area contributed by atoms with Crippen molar-refractivity contribution in [2.24, 2.45) is 0 Å². The van der Waals surface area contributed by atoms with Gasteiger partial charge in [-0.25, -0.2) is 4.98 Å². The van der Waals surface area contributed by atoms with Crippen molar-refractivity contribution in [3.8, 4) is 5.75 Å². The highest BCUT2D eigenvalue weighted by molar-refractivity contribution is 7.09. The molecular formula is C13H14ClNOS. The van der Waals surface area contributed by atoms with Crippen LogP contribution in [0, 0.1) is 6.92 Å². The highest BCUT2D eigenvalue weighted by Gasteiger charge is 2.12. The number of ether oxygens (including phenoxy) is 1. The third kappa shape index (κ3) is 2.99. The van der Waals surface area contributed by atoms with Crippen LogP contribution < -0.4 is 4.74 Å². The molecule has 0 saturated carbocycles. The molecule has 0 spiro atoms. The third-order valence-electron chi connectivity index (χ3n) is 2.45. The Bertz CT molecular complexity index is 498. The molecule has 1 heterocycles. The molecule has 1 atom stereocenters. The summed E-state index contributed by atoms with van der Waals surface area (Å²) in [6.45, 7) is 4.04. The lowest BCUT2D eigenvalue weighted by atomic mass is 10.2. The average molecular weight is 268 g/mol. The second-order valence-electron chi connectivity index (χ2n) is 3.84. The molecule has 17 heavy (non-hydrogen) atoms. The number of para-hydroxylation sites is 1. The molecule has 1 aromatic carbocycles. The van der Waals surface area contributed by atoms with Crippen LogP contribution in [0.15, 0.2) is 29.6 Å². The molecule has 1 aromatic heterocycles. The summed E-state index contributed by atoms with van der Waals surface area (Å²) in [6.07, 6.45) is -0.0435. The normalized spacial score (nSPS) is 12.4. The number of nitrogens with zero attached hydrogens (tertiary/aromatic N) is 1. The first-order chi connectivity index (χ1) is 8.20. The Hall–Kier alpha value is -1.06. The van der Waals surface area contributed by atoms with E-state index in [4.69, 9.17) is 16.3 Å². The van der Waals surface area contributed by atoms with Crippen molar-refractivity contribution in [1.82, 2.24) is 4.98 Å². The van der Waals surface area contributed by atoms with Crippen LogP contribution in [0.2, 0.25) is 0 Å². The van der Waals surface area contributed by atoms with E-state index in [2.05, 4.69) is 4.98 Å². The molecule has 0 N–H and O–H groups in total. The van der Waals surface area contributed by atoms with Gasteiger partial charge in [-0.05, 0) is 25.5 Å². The van der Waals surface area contributed by atoms with Gasteiger partial charge in [0.25, 0.3) is 0 Å². The Balaban J connectivity index is 2.11. The lowest BCUT2D eigenvalue weighted by molar-refractivity contribution is 0.224. The molecule has 2 aromatic rings. The van der Waals surface area contributed by atoms with Crippen LogP contribution in [0.25, 0.3) is 0 Å². The summed E-state index contributed by atoms with van der Waals surface area (Å²) < 4.78 is 5.89. The minimum atomic E-state index is -0.0435. The van der Waals surface area contributed by atoms with Gasteiger partial charge in [-0.15, -0.1) is 22.9 Å². The van der Waals surface area contributed by atoms with E-state index in [1.54, 1.807) is 11.3 Å². The third-order valence-corrected chi connectivity index (χ3v) is 3.78. The molecule has 0 fully saturated rings. The summed E-state index contributed by atoms with van der Waals surface area (Å²) in [4.78, 5) is 4.42. The lowest BCUT2D eigenvalue weighted by Gasteiger charge is -2.13. The van der Waals surface area contributed by atoms with Gasteiger partial charge in [0.15, 0.2) is 0 Å². The van der Waals surface area contributed by atoms with E-state index >= 15 is 0 Å². The Kier molecular flexibility index (Phi) is 4.02. The highest BCUT2D eigenvalue weighted by Crippen LogP contribution is 2.26. The number of thiazole rings is 1. The maximum atomic E-state index is 5.89. The molecule has 1 unspecified atom stereocenters. The van der Waals surface area contributed by atoms with Crippen LogP contribution in [0.5, 0.6) is 5.75 Å². The maximum Gasteiger partial charge on any atom is 0.147 e. The molecule has 0 saturated heterocycles. The van der Waals surface area contributed by atoms with E-state index in [1.165, 1.54) is 0 Å². The Morgan fingerprint density at radius 1 is 1.41 bits per heavy atom. The highest BCUT2D eigenvalue weighted by atomic mass is 35.5. The van der Waals surface area contributed by atoms with Gasteiger partial charge in [-0.3, -0.25) is 0 Å². The summed E-state index contributed by atoms with van der Waals surface area (Å²) in [5.41, 5.74) is 2.04. The SMILES string of the molecule is Cc1ccccc1OC(C)c1nc(CCl)cs1. The minimum Gasteiger partial charge on any atom is -0.483 e. The molecule has 0 aliphatic carbocycles. The lowest BCUT2D eigenvalue weighted by Crippen LogP contribution is -2.03. The average Bonchev–Trinajstić information content (AvgIpc) is 2.81. The zero-order valence-corrected chi connectivity index (χ0v) is 11.4. The maximum absolute atomic E-state index is 5.89. The zero-order valence-electron chi connectivity index (χ0n) is 9.81. The predicted molar refractivity (Wildman–Crippen MR) is 71.9 cm³/mol. The van der Waals surface area contributed by atoms with E-state index in [0.717, 1.165) is 22.0 Å². The number of aryl methyl sites for hydroxylation is 1. The van der Waals surface area contributed by atoms with Crippen LogP contribution in [-0.2, 0) is 5.88 Å². The van der Waals surface area contributed by atoms with Crippen molar-refractivity contribution in [1.29, 1.82) is 0 Å². The largest absolute Gasteiger partial charge is 0.483 e. The number of alkyl halides is 1. The molecule has 0 bridgehead atoms. The first-order valence-electron chi connectivity index (χ1n) is 5.43. The number of hydrogen-bond donors (Lipinski definition) is 0. The number of hydrogen-bond acceptors (Lipinski definition) is 3. The van der Waals surface area contributed by atoms with Gasteiger partial charge in [0, 0.05) is 5.38 Å². The summed E-state index contributed by atoms with van der Waals surface area (Å²) >= 11 is 7.32. The first kappa shape index (κ1) is 12.4. The van der Waals surface area contributed by atoms with E-state index in [1.807, 2.05) is 43.5 Å². The van der Waals surface area contributed by atoms with Crippen molar-refractivity contribution in [2.45, 2.75) is 25.8 Å². The zero-order chi connectivity index (χ0) is 12.3. The molecule has 0 amide bonds. The fourth-order valence-electron chi connectivity index (χ4n) is 1.50. The van der Waals surface area contributed by atoms with Gasteiger partial charge in [-0.1, -0.05) is 18.2 Å². The molecule has 2 rings (SSSR count). The van der Waals surface area contributed by atoms with Gasteiger partial charge >= 0.3 is 0 Å². The van der Waals surface area contributed by atoms with Crippen LogP contribution >= 0.6 is 22.9 Å². The molecule has 0 aliphatic heterocycles. The van der Waals surface area contributed by atoms with Gasteiger partial charge < -0.3 is 4.74 Å². The van der Waals surface area contributed by atoms with Crippen LogP contribution in [0.4, 0.5) is 0 Å². The second-order valence-corrected chi connectivity index (χ2v) is 4.99. The van der Waals surface area contributed by atoms with Crippen molar-refractivity contribution in [3.63, 3.8) is 0 Å². The fourth-order valence-corrected chi connectivity index (χ4v) is 2.53. The van der Waals surface area contributed by atoms with Crippen molar-refractivity contribution < 1.29 is 4.74 Å². The molecule has 0 radical (unpaired) electrons. The van der Waals surface area contributed by atoms with Crippen LogP contribution in [0.3, 0.4) is 0 Å². The Morgan fingerprint density at radius 2 is 2.18 bits per heavy atom. The summed E-state index contributed by atoms with van der Waals surface area (Å²) in [6, 6.07) is 7.99. The van der Waals surface area contributed by atoms with Crippen molar-refractivity contribution in [2.75, 3.05) is 0 Å². The Labute approximate surface area is 110 Å². The summed E-state index contributed by atoms with van der Waals surface area (Å²) in [5.74, 6) is 1.36. The molecule has 90 valence electrons. The van der Waals surface area contributed by atoms with Gasteiger partial charge in [-0.2, -0.15) is 0 Å². The van der Waals surface area contributed by atoms with E-state index < -0.39 is 0 Å². The van der Waals surface area contributed by atoms with Gasteiger partial charge in [0.2, 0.25) is 0 Å². The molecule has 2 nitrogen and oxygen atoms in total. The number of halogens is 1. The standard InChI is InChI=1S/C13H14ClNOS/c1-9-5-3-4-6-12(9)16-10(2)13-15-11(7-14)8-17-13/h3-6,8,10H,7H2,1-2H3. The molecule has 4 heteroatoms. The van der Waals surface area contributed by atoms with Gasteiger partial charge in [0.1, 0.15) is 16.9 Å². The second kappa shape index (κ2) is 5.52. The predicted octanol–water partition coefficient (Wildman–Crippen LogP) is 4.33. The Morgan fingerprint density at radius 3 is 2.82 bits per heavy atom. The van der Waals surface area contributed by atoms with Crippen LogP contribution in [0.1, 0.15) is 29.3 Å².